The third-order valence-corrected chi connectivity index (χ3v) is 4.46. The van der Waals surface area contributed by atoms with E-state index >= 15 is 0 Å². The van der Waals surface area contributed by atoms with Crippen molar-refractivity contribution in [3.05, 3.63) is 0 Å². The van der Waals surface area contributed by atoms with Crippen LogP contribution in [-0.4, -0.2) is 55.3 Å². The standard InChI is InChI=1S/C15H30N4O2S.HI/c1-15(2,3)21-14(20)18-9-8-17-13(16-4)19-11-6-7-12(10-11)22-5;/h11-12H,6-10H2,1-5H3,(H,18,20)(H2,16,17,19);1H. The zero-order valence-electron chi connectivity index (χ0n) is 14.8. The average molecular weight is 458 g/mol. The van der Waals surface area contributed by atoms with E-state index in [0.717, 1.165) is 11.2 Å². The highest BCUT2D eigenvalue weighted by atomic mass is 127. The first-order chi connectivity index (χ1) is 10.3. The fraction of sp³-hybridized carbons (Fsp3) is 0.867. The number of halogens is 1. The van der Waals surface area contributed by atoms with Gasteiger partial charge in [0.2, 0.25) is 0 Å². The second-order valence-electron chi connectivity index (χ2n) is 6.44. The fourth-order valence-corrected chi connectivity index (χ4v) is 3.13. The van der Waals surface area contributed by atoms with Crippen LogP contribution in [-0.2, 0) is 4.74 Å². The van der Waals surface area contributed by atoms with Crippen LogP contribution in [0.3, 0.4) is 0 Å². The SMILES string of the molecule is CN=C(NCCNC(=O)OC(C)(C)C)NC1CCC(SC)C1.I. The molecule has 0 aromatic rings. The first-order valence-corrected chi connectivity index (χ1v) is 9.09. The van der Waals surface area contributed by atoms with Gasteiger partial charge in [-0.15, -0.1) is 24.0 Å². The molecule has 0 spiro atoms. The second kappa shape index (κ2) is 11.2. The Morgan fingerprint density at radius 1 is 1.26 bits per heavy atom. The zero-order chi connectivity index (χ0) is 16.6. The Morgan fingerprint density at radius 3 is 2.43 bits per heavy atom. The number of guanidine groups is 1. The van der Waals surface area contributed by atoms with E-state index < -0.39 is 11.7 Å². The molecule has 1 rings (SSSR count). The summed E-state index contributed by atoms with van der Waals surface area (Å²) in [7, 11) is 1.76. The molecule has 0 aromatic carbocycles. The second-order valence-corrected chi connectivity index (χ2v) is 7.58. The molecule has 1 aliphatic rings. The summed E-state index contributed by atoms with van der Waals surface area (Å²) in [5.41, 5.74) is -0.467. The number of aliphatic imine (C=N–C) groups is 1. The number of rotatable bonds is 5. The van der Waals surface area contributed by atoms with E-state index in [1.54, 1.807) is 7.05 Å². The molecule has 1 amide bonds. The van der Waals surface area contributed by atoms with Crippen molar-refractivity contribution in [1.29, 1.82) is 0 Å². The van der Waals surface area contributed by atoms with Gasteiger partial charge in [-0.2, -0.15) is 11.8 Å². The Hall–Kier alpha value is -0.380. The molecule has 6 nitrogen and oxygen atoms in total. The first-order valence-electron chi connectivity index (χ1n) is 7.81. The highest BCUT2D eigenvalue weighted by Gasteiger charge is 2.24. The van der Waals surface area contributed by atoms with Gasteiger partial charge in [0, 0.05) is 31.4 Å². The lowest BCUT2D eigenvalue weighted by Gasteiger charge is -2.20. The summed E-state index contributed by atoms with van der Waals surface area (Å²) in [4.78, 5) is 15.7. The number of thioether (sulfide) groups is 1. The predicted molar refractivity (Wildman–Crippen MR) is 109 cm³/mol. The van der Waals surface area contributed by atoms with Crippen LogP contribution in [0.25, 0.3) is 0 Å². The third kappa shape index (κ3) is 10.2. The minimum absolute atomic E-state index is 0. The number of carbonyl (C=O) groups excluding carboxylic acids is 1. The van der Waals surface area contributed by atoms with Crippen molar-refractivity contribution in [1.82, 2.24) is 16.0 Å². The van der Waals surface area contributed by atoms with Gasteiger partial charge in [0.25, 0.3) is 0 Å². The van der Waals surface area contributed by atoms with Gasteiger partial charge >= 0.3 is 6.09 Å². The molecule has 0 aromatic heterocycles. The molecule has 1 fully saturated rings. The van der Waals surface area contributed by atoms with E-state index in [0.29, 0.717) is 19.1 Å². The molecule has 8 heteroatoms. The molecule has 0 aliphatic heterocycles. The van der Waals surface area contributed by atoms with Crippen LogP contribution in [0.15, 0.2) is 4.99 Å². The van der Waals surface area contributed by atoms with Crippen LogP contribution in [0.5, 0.6) is 0 Å². The minimum Gasteiger partial charge on any atom is -0.444 e. The van der Waals surface area contributed by atoms with Gasteiger partial charge in [-0.25, -0.2) is 4.79 Å². The van der Waals surface area contributed by atoms with Gasteiger partial charge in [0.05, 0.1) is 0 Å². The number of hydrogen-bond donors (Lipinski definition) is 3. The predicted octanol–water partition coefficient (Wildman–Crippen LogP) is 2.58. The Bertz CT molecular complexity index is 388. The molecule has 1 saturated carbocycles. The van der Waals surface area contributed by atoms with Crippen molar-refractivity contribution < 1.29 is 9.53 Å². The van der Waals surface area contributed by atoms with E-state index in [-0.39, 0.29) is 24.0 Å². The van der Waals surface area contributed by atoms with Gasteiger partial charge in [-0.1, -0.05) is 0 Å². The van der Waals surface area contributed by atoms with Crippen LogP contribution in [0.4, 0.5) is 4.79 Å². The summed E-state index contributed by atoms with van der Waals surface area (Å²) >= 11 is 1.94. The topological polar surface area (TPSA) is 74.8 Å². The van der Waals surface area contributed by atoms with Crippen molar-refractivity contribution >= 4 is 47.8 Å². The number of amides is 1. The number of nitrogens with one attached hydrogen (secondary N) is 3. The largest absolute Gasteiger partial charge is 0.444 e. The summed E-state index contributed by atoms with van der Waals surface area (Å²) in [5, 5.41) is 10.1. The number of nitrogens with zero attached hydrogens (tertiary/aromatic N) is 1. The fourth-order valence-electron chi connectivity index (χ4n) is 2.33. The highest BCUT2D eigenvalue weighted by Crippen LogP contribution is 2.27. The lowest BCUT2D eigenvalue weighted by Crippen LogP contribution is -2.45. The molecular weight excluding hydrogens is 427 g/mol. The summed E-state index contributed by atoms with van der Waals surface area (Å²) in [5.74, 6) is 0.790. The lowest BCUT2D eigenvalue weighted by molar-refractivity contribution is 0.0529. The summed E-state index contributed by atoms with van der Waals surface area (Å²) in [6.45, 7) is 6.64. The number of alkyl carbamates (subject to hydrolysis) is 1. The molecule has 0 radical (unpaired) electrons. The molecular formula is C15H31IN4O2S. The Morgan fingerprint density at radius 2 is 1.91 bits per heavy atom. The molecule has 2 unspecified atom stereocenters. The van der Waals surface area contributed by atoms with Crippen LogP contribution in [0.2, 0.25) is 0 Å². The van der Waals surface area contributed by atoms with E-state index in [9.17, 15) is 4.79 Å². The third-order valence-electron chi connectivity index (χ3n) is 3.37. The van der Waals surface area contributed by atoms with Gasteiger partial charge in [0.1, 0.15) is 5.60 Å². The van der Waals surface area contributed by atoms with E-state index in [4.69, 9.17) is 4.74 Å². The maximum absolute atomic E-state index is 11.5. The molecule has 136 valence electrons. The summed E-state index contributed by atoms with van der Waals surface area (Å²) in [6.07, 6.45) is 5.40. The van der Waals surface area contributed by atoms with Crippen LogP contribution >= 0.6 is 35.7 Å². The molecule has 3 N–H and O–H groups in total. The number of hydrogen-bond acceptors (Lipinski definition) is 4. The number of carbonyl (C=O) groups is 1. The molecule has 2 atom stereocenters. The van der Waals surface area contributed by atoms with Crippen molar-refractivity contribution in [3.8, 4) is 0 Å². The molecule has 1 aliphatic carbocycles. The molecule has 0 heterocycles. The monoisotopic (exact) mass is 458 g/mol. The van der Waals surface area contributed by atoms with Crippen LogP contribution in [0.1, 0.15) is 40.0 Å². The Balaban J connectivity index is 0.00000484. The smallest absolute Gasteiger partial charge is 0.407 e. The normalized spacial score (nSPS) is 21.3. The van der Waals surface area contributed by atoms with Gasteiger partial charge < -0.3 is 20.7 Å². The Labute approximate surface area is 161 Å². The van der Waals surface area contributed by atoms with Crippen molar-refractivity contribution in [3.63, 3.8) is 0 Å². The molecule has 23 heavy (non-hydrogen) atoms. The quantitative estimate of drug-likeness (QED) is 0.256. The number of ether oxygens (including phenoxy) is 1. The molecule has 0 bridgehead atoms. The minimum atomic E-state index is -0.467. The van der Waals surface area contributed by atoms with Crippen molar-refractivity contribution in [2.75, 3.05) is 26.4 Å². The van der Waals surface area contributed by atoms with Crippen molar-refractivity contribution in [2.24, 2.45) is 4.99 Å². The Kier molecular flexibility index (Phi) is 11.0. The molecule has 0 saturated heterocycles. The van der Waals surface area contributed by atoms with Crippen LogP contribution < -0.4 is 16.0 Å². The summed E-state index contributed by atoms with van der Waals surface area (Å²) < 4.78 is 5.18. The van der Waals surface area contributed by atoms with E-state index in [1.807, 2.05) is 32.5 Å². The zero-order valence-corrected chi connectivity index (χ0v) is 17.9. The van der Waals surface area contributed by atoms with Crippen molar-refractivity contribution in [2.45, 2.75) is 56.9 Å². The first kappa shape index (κ1) is 22.6. The van der Waals surface area contributed by atoms with E-state index in [1.165, 1.54) is 19.3 Å². The maximum atomic E-state index is 11.5. The highest BCUT2D eigenvalue weighted by molar-refractivity contribution is 14.0. The van der Waals surface area contributed by atoms with E-state index in [2.05, 4.69) is 27.2 Å². The summed E-state index contributed by atoms with van der Waals surface area (Å²) in [6, 6.07) is 0.488. The van der Waals surface area contributed by atoms with Gasteiger partial charge in [-0.3, -0.25) is 4.99 Å². The van der Waals surface area contributed by atoms with Gasteiger partial charge in [-0.05, 0) is 46.3 Å². The lowest BCUT2D eigenvalue weighted by atomic mass is 10.2. The van der Waals surface area contributed by atoms with Crippen LogP contribution in [0, 0.1) is 0 Å². The van der Waals surface area contributed by atoms with Gasteiger partial charge in [0.15, 0.2) is 5.96 Å². The average Bonchev–Trinajstić information content (AvgIpc) is 2.88. The maximum Gasteiger partial charge on any atom is 0.407 e.